The van der Waals surface area contributed by atoms with Crippen LogP contribution >= 0.6 is 11.3 Å². The van der Waals surface area contributed by atoms with Gasteiger partial charge in [-0.3, -0.25) is 19.4 Å². The first-order valence-electron chi connectivity index (χ1n) is 4.65. The van der Waals surface area contributed by atoms with Gasteiger partial charge in [-0.2, -0.15) is 0 Å². The lowest BCUT2D eigenvalue weighted by Gasteiger charge is -1.98. The second-order valence-corrected chi connectivity index (χ2v) is 4.72. The lowest BCUT2D eigenvalue weighted by Crippen LogP contribution is -2.01. The number of hydrogen-bond donors (Lipinski definition) is 2. The molecule has 0 aliphatic carbocycles. The number of thiazole rings is 1. The molecule has 9 heteroatoms. The molecule has 1 aromatic heterocycles. The van der Waals surface area contributed by atoms with Gasteiger partial charge in [-0.25, -0.2) is 9.19 Å². The Morgan fingerprint density at radius 1 is 1.44 bits per heavy atom. The summed E-state index contributed by atoms with van der Waals surface area (Å²) in [4.78, 5) is 14.4. The Kier molecular flexibility index (Phi) is 3.65. The summed E-state index contributed by atoms with van der Waals surface area (Å²) in [5.74, 6) is 0. The Hall–Kier alpha value is -1.84. The van der Waals surface area contributed by atoms with E-state index in [0.717, 1.165) is 11.3 Å². The summed E-state index contributed by atoms with van der Waals surface area (Å²) in [6.07, 6.45) is 0. The van der Waals surface area contributed by atoms with Crippen molar-refractivity contribution in [3.8, 4) is 11.3 Å². The lowest BCUT2D eigenvalue weighted by molar-refractivity contribution is -0.384. The zero-order valence-electron chi connectivity index (χ0n) is 8.77. The first-order valence-corrected chi connectivity index (χ1v) is 6.63. The Balaban J connectivity index is 2.40. The fraction of sp³-hybridized carbons (Fsp3) is 0. The molecule has 2 N–H and O–H groups in total. The quantitative estimate of drug-likeness (QED) is 0.509. The number of aromatic nitrogens is 1. The van der Waals surface area contributed by atoms with E-state index in [-0.39, 0.29) is 10.8 Å². The number of anilines is 1. The van der Waals surface area contributed by atoms with E-state index in [4.69, 9.17) is 4.55 Å². The van der Waals surface area contributed by atoms with E-state index in [1.807, 2.05) is 0 Å². The average molecular weight is 285 g/mol. The predicted molar refractivity (Wildman–Crippen MR) is 68.6 cm³/mol. The number of nitrogens with zero attached hydrogens (tertiary/aromatic N) is 2. The molecule has 0 amide bonds. The van der Waals surface area contributed by atoms with Gasteiger partial charge in [0.25, 0.3) is 17.0 Å². The number of para-hydroxylation sites is 1. The van der Waals surface area contributed by atoms with Crippen LogP contribution in [0.5, 0.6) is 0 Å². The van der Waals surface area contributed by atoms with Gasteiger partial charge in [0.2, 0.25) is 0 Å². The molecule has 0 spiro atoms. The Bertz CT molecular complexity index is 613. The van der Waals surface area contributed by atoms with Crippen molar-refractivity contribution < 1.29 is 13.7 Å². The fourth-order valence-electron chi connectivity index (χ4n) is 1.37. The largest absolute Gasteiger partial charge is 0.289 e. The molecular formula is C9H7N3O4S2. The summed E-state index contributed by atoms with van der Waals surface area (Å²) in [6, 6.07) is 6.19. The third-order valence-corrected chi connectivity index (χ3v) is 3.31. The molecule has 2 rings (SSSR count). The maximum atomic E-state index is 10.9. The number of nitrogens with one attached hydrogen (secondary N) is 1. The molecule has 1 aromatic carbocycles. The second kappa shape index (κ2) is 5.21. The summed E-state index contributed by atoms with van der Waals surface area (Å²) < 4.78 is 21.4. The van der Waals surface area contributed by atoms with Crippen LogP contribution in [0.15, 0.2) is 29.6 Å². The van der Waals surface area contributed by atoms with Gasteiger partial charge in [-0.15, -0.1) is 11.3 Å². The minimum absolute atomic E-state index is 0.0560. The summed E-state index contributed by atoms with van der Waals surface area (Å²) in [7, 11) is 0. The summed E-state index contributed by atoms with van der Waals surface area (Å²) in [5, 5.41) is 12.7. The maximum absolute atomic E-state index is 10.9. The van der Waals surface area contributed by atoms with Crippen LogP contribution < -0.4 is 4.72 Å². The van der Waals surface area contributed by atoms with E-state index in [2.05, 4.69) is 9.71 Å². The zero-order valence-corrected chi connectivity index (χ0v) is 10.4. The van der Waals surface area contributed by atoms with E-state index >= 15 is 0 Å². The van der Waals surface area contributed by atoms with Crippen LogP contribution in [0.25, 0.3) is 11.3 Å². The van der Waals surface area contributed by atoms with Crippen LogP contribution in [0.4, 0.5) is 10.8 Å². The molecule has 1 atom stereocenters. The molecule has 18 heavy (non-hydrogen) atoms. The minimum Gasteiger partial charge on any atom is -0.289 e. The summed E-state index contributed by atoms with van der Waals surface area (Å²) in [5.41, 5.74) is 0.704. The van der Waals surface area contributed by atoms with Crippen LogP contribution in [0.2, 0.25) is 0 Å². The van der Waals surface area contributed by atoms with Gasteiger partial charge < -0.3 is 0 Å². The second-order valence-electron chi connectivity index (χ2n) is 3.16. The van der Waals surface area contributed by atoms with Crippen molar-refractivity contribution in [2.75, 3.05) is 4.72 Å². The van der Waals surface area contributed by atoms with Gasteiger partial charge in [-0.1, -0.05) is 12.1 Å². The van der Waals surface area contributed by atoms with Crippen molar-refractivity contribution in [1.29, 1.82) is 0 Å². The third-order valence-electron chi connectivity index (χ3n) is 2.06. The first kappa shape index (κ1) is 12.6. The standard InChI is InChI=1S/C9H7N3O4S2/c13-12(14)8-4-2-1-3-6(8)7-5-17-9(10-7)11-18(15)16/h1-5H,(H,10,11)(H,15,16). The van der Waals surface area contributed by atoms with E-state index < -0.39 is 16.2 Å². The van der Waals surface area contributed by atoms with Crippen LogP contribution in [-0.4, -0.2) is 18.7 Å². The van der Waals surface area contributed by atoms with E-state index in [0.29, 0.717) is 11.3 Å². The predicted octanol–water partition coefficient (Wildman–Crippen LogP) is 2.27. The normalized spacial score (nSPS) is 12.1. The average Bonchev–Trinajstić information content (AvgIpc) is 2.76. The molecule has 0 aliphatic heterocycles. The van der Waals surface area contributed by atoms with Crippen molar-refractivity contribution in [3.63, 3.8) is 0 Å². The van der Waals surface area contributed by atoms with E-state index in [9.17, 15) is 14.3 Å². The minimum atomic E-state index is -2.21. The lowest BCUT2D eigenvalue weighted by atomic mass is 10.1. The molecule has 0 saturated heterocycles. The molecule has 0 saturated carbocycles. The Labute approximate surface area is 108 Å². The number of nitro benzene ring substituents is 1. The molecule has 1 unspecified atom stereocenters. The van der Waals surface area contributed by atoms with E-state index in [1.165, 1.54) is 6.07 Å². The molecule has 0 aliphatic rings. The monoisotopic (exact) mass is 285 g/mol. The van der Waals surface area contributed by atoms with Crippen LogP contribution in [0.1, 0.15) is 0 Å². The van der Waals surface area contributed by atoms with Gasteiger partial charge in [0.1, 0.15) is 0 Å². The van der Waals surface area contributed by atoms with Crippen molar-refractivity contribution >= 4 is 33.4 Å². The Morgan fingerprint density at radius 2 is 2.17 bits per heavy atom. The molecule has 2 aromatic rings. The van der Waals surface area contributed by atoms with Crippen molar-refractivity contribution in [2.45, 2.75) is 0 Å². The van der Waals surface area contributed by atoms with Crippen molar-refractivity contribution in [2.24, 2.45) is 0 Å². The maximum Gasteiger partial charge on any atom is 0.278 e. The van der Waals surface area contributed by atoms with Gasteiger partial charge in [0, 0.05) is 11.4 Å². The Morgan fingerprint density at radius 3 is 2.83 bits per heavy atom. The van der Waals surface area contributed by atoms with Crippen LogP contribution in [-0.2, 0) is 11.3 Å². The van der Waals surface area contributed by atoms with E-state index in [1.54, 1.807) is 23.6 Å². The zero-order chi connectivity index (χ0) is 13.1. The summed E-state index contributed by atoms with van der Waals surface area (Å²) in [6.45, 7) is 0. The van der Waals surface area contributed by atoms with Gasteiger partial charge in [0.15, 0.2) is 5.13 Å². The summed E-state index contributed by atoms with van der Waals surface area (Å²) >= 11 is -1.11. The molecule has 0 bridgehead atoms. The highest BCUT2D eigenvalue weighted by molar-refractivity contribution is 7.80. The van der Waals surface area contributed by atoms with Crippen LogP contribution in [0, 0.1) is 10.1 Å². The highest BCUT2D eigenvalue weighted by Crippen LogP contribution is 2.31. The van der Waals surface area contributed by atoms with Crippen LogP contribution in [0.3, 0.4) is 0 Å². The molecule has 0 fully saturated rings. The topological polar surface area (TPSA) is 105 Å². The number of rotatable bonds is 4. The molecular weight excluding hydrogens is 278 g/mol. The molecule has 0 radical (unpaired) electrons. The number of hydrogen-bond acceptors (Lipinski definition) is 5. The number of benzene rings is 1. The highest BCUT2D eigenvalue weighted by Gasteiger charge is 2.16. The highest BCUT2D eigenvalue weighted by atomic mass is 32.2. The van der Waals surface area contributed by atoms with Gasteiger partial charge in [-0.05, 0) is 6.07 Å². The van der Waals surface area contributed by atoms with Crippen molar-refractivity contribution in [1.82, 2.24) is 4.98 Å². The molecule has 7 nitrogen and oxygen atoms in total. The molecule has 1 heterocycles. The third kappa shape index (κ3) is 2.70. The fourth-order valence-corrected chi connectivity index (χ4v) is 2.52. The molecule has 94 valence electrons. The number of nitro groups is 1. The van der Waals surface area contributed by atoms with Crippen molar-refractivity contribution in [3.05, 3.63) is 39.8 Å². The van der Waals surface area contributed by atoms with Gasteiger partial charge >= 0.3 is 0 Å². The van der Waals surface area contributed by atoms with Gasteiger partial charge in [0.05, 0.1) is 16.2 Å². The SMILES string of the molecule is O=[N+]([O-])c1ccccc1-c1csc(NS(=O)O)n1. The first-order chi connectivity index (χ1) is 8.58. The smallest absolute Gasteiger partial charge is 0.278 e.